The first-order valence-electron chi connectivity index (χ1n) is 9.40. The maximum absolute atomic E-state index is 12.6. The summed E-state index contributed by atoms with van der Waals surface area (Å²) in [6.45, 7) is 1.02. The van der Waals surface area contributed by atoms with Gasteiger partial charge in [-0.1, -0.05) is 48.5 Å². The van der Waals surface area contributed by atoms with Crippen molar-refractivity contribution in [1.29, 1.82) is 0 Å². The molecule has 5 heteroatoms. The Kier molecular flexibility index (Phi) is 6.47. The van der Waals surface area contributed by atoms with E-state index >= 15 is 0 Å². The van der Waals surface area contributed by atoms with Crippen LogP contribution in [0.3, 0.4) is 0 Å². The number of carboxylic acids is 1. The fourth-order valence-corrected chi connectivity index (χ4v) is 3.54. The molecule has 27 heavy (non-hydrogen) atoms. The minimum absolute atomic E-state index is 0.0812. The maximum Gasteiger partial charge on any atom is 0.326 e. The summed E-state index contributed by atoms with van der Waals surface area (Å²) in [5.74, 6) is -0.104. The van der Waals surface area contributed by atoms with E-state index < -0.39 is 12.0 Å². The van der Waals surface area contributed by atoms with Crippen LogP contribution < -0.4 is 4.74 Å². The number of hydrogen-bond acceptors (Lipinski definition) is 3. The topological polar surface area (TPSA) is 66.8 Å². The molecule has 1 N–H and O–H groups in total. The third-order valence-electron chi connectivity index (χ3n) is 4.97. The van der Waals surface area contributed by atoms with Gasteiger partial charge in [-0.2, -0.15) is 0 Å². The van der Waals surface area contributed by atoms with Crippen molar-refractivity contribution in [2.75, 3.05) is 13.2 Å². The number of likely N-dealkylation sites (tertiary alicyclic amines) is 1. The molecule has 1 fully saturated rings. The monoisotopic (exact) mass is 367 g/mol. The highest BCUT2D eigenvalue weighted by Gasteiger charge is 2.39. The molecular weight excluding hydrogens is 342 g/mol. The molecule has 2 unspecified atom stereocenters. The Morgan fingerprint density at radius 3 is 2.33 bits per heavy atom. The van der Waals surface area contributed by atoms with Crippen molar-refractivity contribution < 1.29 is 19.4 Å². The molecule has 2 aromatic carbocycles. The molecule has 1 saturated heterocycles. The van der Waals surface area contributed by atoms with Gasteiger partial charge in [0.15, 0.2) is 0 Å². The van der Waals surface area contributed by atoms with E-state index in [1.807, 2.05) is 60.7 Å². The van der Waals surface area contributed by atoms with Gasteiger partial charge in [0.1, 0.15) is 11.8 Å². The van der Waals surface area contributed by atoms with Crippen LogP contribution in [0.2, 0.25) is 0 Å². The molecule has 0 aliphatic carbocycles. The van der Waals surface area contributed by atoms with Crippen LogP contribution in [0.15, 0.2) is 60.7 Å². The number of nitrogens with zero attached hydrogens (tertiary/aromatic N) is 1. The second-order valence-corrected chi connectivity index (χ2v) is 6.86. The molecule has 2 atom stereocenters. The van der Waals surface area contributed by atoms with Gasteiger partial charge in [0.25, 0.3) is 0 Å². The summed E-state index contributed by atoms with van der Waals surface area (Å²) in [7, 11) is 0. The molecule has 2 aromatic rings. The van der Waals surface area contributed by atoms with Crippen molar-refractivity contribution in [2.45, 2.75) is 37.6 Å². The Bertz CT molecular complexity index is 747. The fraction of sp³-hybridized carbons (Fsp3) is 0.364. The van der Waals surface area contributed by atoms with E-state index in [2.05, 4.69) is 0 Å². The number of ether oxygens (including phenoxy) is 1. The van der Waals surface area contributed by atoms with Gasteiger partial charge in [-0.05, 0) is 37.0 Å². The van der Waals surface area contributed by atoms with Crippen LogP contribution in [0.25, 0.3) is 0 Å². The highest BCUT2D eigenvalue weighted by atomic mass is 16.5. The summed E-state index contributed by atoms with van der Waals surface area (Å²) >= 11 is 0. The van der Waals surface area contributed by atoms with E-state index in [-0.39, 0.29) is 11.8 Å². The number of amides is 1. The molecule has 0 bridgehead atoms. The van der Waals surface area contributed by atoms with Gasteiger partial charge < -0.3 is 14.7 Å². The van der Waals surface area contributed by atoms with Gasteiger partial charge in [0, 0.05) is 18.9 Å². The lowest BCUT2D eigenvalue weighted by molar-refractivity contribution is -0.148. The molecule has 3 rings (SSSR count). The molecule has 1 aliphatic rings. The summed E-state index contributed by atoms with van der Waals surface area (Å²) in [4.78, 5) is 25.7. The van der Waals surface area contributed by atoms with Crippen LogP contribution >= 0.6 is 0 Å². The number of carbonyl (C=O) groups is 2. The van der Waals surface area contributed by atoms with E-state index in [0.29, 0.717) is 32.4 Å². The van der Waals surface area contributed by atoms with Crippen molar-refractivity contribution >= 4 is 11.9 Å². The number of unbranched alkanes of at least 4 members (excludes halogenated alkanes) is 1. The van der Waals surface area contributed by atoms with E-state index in [0.717, 1.165) is 17.7 Å². The van der Waals surface area contributed by atoms with Crippen LogP contribution in [0.5, 0.6) is 5.75 Å². The molecular formula is C22H25NO4. The average molecular weight is 367 g/mol. The fourth-order valence-electron chi connectivity index (χ4n) is 3.54. The Hall–Kier alpha value is -2.82. The standard InChI is InChI=1S/C22H25NO4/c24-21(13-7-8-14-27-19-11-5-2-6-12-19)23-16-18(15-20(23)22(25)26)17-9-3-1-4-10-17/h1-6,9-12,18,20H,7-8,13-16H2,(H,25,26). The molecule has 1 amide bonds. The zero-order chi connectivity index (χ0) is 19.1. The van der Waals surface area contributed by atoms with Gasteiger partial charge in [-0.3, -0.25) is 4.79 Å². The zero-order valence-electron chi connectivity index (χ0n) is 15.3. The van der Waals surface area contributed by atoms with Crippen molar-refractivity contribution in [3.63, 3.8) is 0 Å². The smallest absolute Gasteiger partial charge is 0.326 e. The Labute approximate surface area is 159 Å². The molecule has 0 saturated carbocycles. The van der Waals surface area contributed by atoms with E-state index in [1.165, 1.54) is 4.90 Å². The second kappa shape index (κ2) is 9.21. The highest BCUT2D eigenvalue weighted by molar-refractivity contribution is 5.84. The first-order chi connectivity index (χ1) is 13.1. The van der Waals surface area contributed by atoms with E-state index in [9.17, 15) is 14.7 Å². The largest absolute Gasteiger partial charge is 0.494 e. The van der Waals surface area contributed by atoms with E-state index in [4.69, 9.17) is 4.74 Å². The van der Waals surface area contributed by atoms with Gasteiger partial charge in [0.05, 0.1) is 6.61 Å². The Balaban J connectivity index is 1.48. The summed E-state index contributed by atoms with van der Waals surface area (Å²) < 4.78 is 5.63. The molecule has 5 nitrogen and oxygen atoms in total. The van der Waals surface area contributed by atoms with Crippen molar-refractivity contribution in [1.82, 2.24) is 4.90 Å². The number of carbonyl (C=O) groups excluding carboxylic acids is 1. The van der Waals surface area contributed by atoms with Crippen LogP contribution in [-0.2, 0) is 9.59 Å². The van der Waals surface area contributed by atoms with Crippen LogP contribution in [0, 0.1) is 0 Å². The Morgan fingerprint density at radius 1 is 1.00 bits per heavy atom. The van der Waals surface area contributed by atoms with Crippen molar-refractivity contribution in [3.05, 3.63) is 66.2 Å². The maximum atomic E-state index is 12.6. The molecule has 0 spiro atoms. The second-order valence-electron chi connectivity index (χ2n) is 6.86. The SMILES string of the molecule is O=C(O)C1CC(c2ccccc2)CN1C(=O)CCCCOc1ccccc1. The first kappa shape index (κ1) is 19.0. The number of para-hydroxylation sites is 1. The lowest BCUT2D eigenvalue weighted by atomic mass is 9.96. The number of aliphatic carboxylic acids is 1. The van der Waals surface area contributed by atoms with Gasteiger partial charge in [-0.15, -0.1) is 0 Å². The lowest BCUT2D eigenvalue weighted by Gasteiger charge is -2.21. The van der Waals surface area contributed by atoms with Gasteiger partial charge >= 0.3 is 5.97 Å². The predicted octanol–water partition coefficient (Wildman–Crippen LogP) is 3.71. The third kappa shape index (κ3) is 5.09. The zero-order valence-corrected chi connectivity index (χ0v) is 15.3. The molecule has 1 aliphatic heterocycles. The minimum atomic E-state index is -0.922. The van der Waals surface area contributed by atoms with Gasteiger partial charge in [0.2, 0.25) is 5.91 Å². The number of carboxylic acid groups (broad SMARTS) is 1. The molecule has 142 valence electrons. The van der Waals surface area contributed by atoms with Crippen LogP contribution in [0.4, 0.5) is 0 Å². The molecule has 1 heterocycles. The minimum Gasteiger partial charge on any atom is -0.494 e. The van der Waals surface area contributed by atoms with E-state index in [1.54, 1.807) is 0 Å². The summed E-state index contributed by atoms with van der Waals surface area (Å²) in [5, 5.41) is 9.52. The predicted molar refractivity (Wildman–Crippen MR) is 103 cm³/mol. The van der Waals surface area contributed by atoms with Gasteiger partial charge in [-0.25, -0.2) is 4.79 Å². The number of benzene rings is 2. The molecule has 0 radical (unpaired) electrons. The number of hydrogen-bond donors (Lipinski definition) is 1. The number of rotatable bonds is 8. The van der Waals surface area contributed by atoms with Crippen LogP contribution in [0.1, 0.15) is 37.2 Å². The third-order valence-corrected chi connectivity index (χ3v) is 4.97. The quantitative estimate of drug-likeness (QED) is 0.723. The average Bonchev–Trinajstić information content (AvgIpc) is 3.15. The summed E-state index contributed by atoms with van der Waals surface area (Å²) in [6, 6.07) is 18.7. The Morgan fingerprint density at radius 2 is 1.67 bits per heavy atom. The highest BCUT2D eigenvalue weighted by Crippen LogP contribution is 2.32. The molecule has 0 aromatic heterocycles. The summed E-state index contributed by atoms with van der Waals surface area (Å²) in [6.07, 6.45) is 2.27. The lowest BCUT2D eigenvalue weighted by Crippen LogP contribution is -2.40. The van der Waals surface area contributed by atoms with Crippen LogP contribution in [-0.4, -0.2) is 41.1 Å². The summed E-state index contributed by atoms with van der Waals surface area (Å²) in [5.41, 5.74) is 1.09. The first-order valence-corrected chi connectivity index (χ1v) is 9.40. The van der Waals surface area contributed by atoms with Crippen molar-refractivity contribution in [2.24, 2.45) is 0 Å². The van der Waals surface area contributed by atoms with Crippen molar-refractivity contribution in [3.8, 4) is 5.75 Å². The normalized spacial score (nSPS) is 19.0.